The van der Waals surface area contributed by atoms with Gasteiger partial charge in [0.1, 0.15) is 0 Å². The number of non-ortho nitro benzene ring substituents is 1. The van der Waals surface area contributed by atoms with Gasteiger partial charge in [-0.05, 0) is 43.2 Å². The molecule has 0 unspecified atom stereocenters. The van der Waals surface area contributed by atoms with Crippen LogP contribution in [0.1, 0.15) is 43.7 Å². The number of hydrogen-bond donors (Lipinski definition) is 1. The van der Waals surface area contributed by atoms with E-state index in [9.17, 15) is 19.7 Å². The van der Waals surface area contributed by atoms with Gasteiger partial charge in [-0.2, -0.15) is 0 Å². The summed E-state index contributed by atoms with van der Waals surface area (Å²) in [5.74, 6) is -0.292. The standard InChI is InChI=1S/C28H32N4O5/c1-19(33)31-25-17-23(32(35)36)11-12-24(25)26(28(31)34)27(21-5-3-2-4-6-21)29-22-9-7-20(8-10-22)18-30-13-15-37-16-14-30/h2-6,11-12,17,20,22,29H,7-10,13-16,18H2,1H3/b27-26-/t20-,22-. The molecule has 0 bridgehead atoms. The maximum absolute atomic E-state index is 13.6. The Morgan fingerprint density at radius 1 is 1.08 bits per heavy atom. The van der Waals surface area contributed by atoms with E-state index in [-0.39, 0.29) is 17.4 Å². The SMILES string of the molecule is CC(=O)N1C(=O)/C(=C(\N[C@H]2CC[C@H](CN3CCOCC3)CC2)c2ccccc2)c2ccc([N+](=O)[O-])cc21. The van der Waals surface area contributed by atoms with Crippen molar-refractivity contribution in [3.63, 3.8) is 0 Å². The lowest BCUT2D eigenvalue weighted by atomic mass is 9.85. The van der Waals surface area contributed by atoms with Crippen LogP contribution in [0.15, 0.2) is 48.5 Å². The van der Waals surface area contributed by atoms with E-state index in [0.29, 0.717) is 22.8 Å². The number of ether oxygens (including phenoxy) is 1. The molecular formula is C28H32N4O5. The average molecular weight is 505 g/mol. The molecular weight excluding hydrogens is 472 g/mol. The highest BCUT2D eigenvalue weighted by atomic mass is 16.6. The van der Waals surface area contributed by atoms with Gasteiger partial charge in [0.05, 0.1) is 35.1 Å². The summed E-state index contributed by atoms with van der Waals surface area (Å²) in [7, 11) is 0. The lowest BCUT2D eigenvalue weighted by Gasteiger charge is -2.35. The molecule has 2 amide bonds. The summed E-state index contributed by atoms with van der Waals surface area (Å²) in [5.41, 5.74) is 2.51. The van der Waals surface area contributed by atoms with Gasteiger partial charge in [0.2, 0.25) is 5.91 Å². The number of amides is 2. The molecule has 2 aromatic rings. The van der Waals surface area contributed by atoms with Crippen molar-refractivity contribution >= 4 is 34.5 Å². The van der Waals surface area contributed by atoms with Crippen LogP contribution in [0.4, 0.5) is 11.4 Å². The van der Waals surface area contributed by atoms with E-state index in [1.165, 1.54) is 19.1 Å². The summed E-state index contributed by atoms with van der Waals surface area (Å²) in [6, 6.07) is 14.1. The van der Waals surface area contributed by atoms with Crippen LogP contribution in [0.25, 0.3) is 11.3 Å². The molecule has 2 heterocycles. The number of benzene rings is 2. The lowest BCUT2D eigenvalue weighted by Crippen LogP contribution is -2.41. The first-order valence-corrected chi connectivity index (χ1v) is 12.9. The van der Waals surface area contributed by atoms with E-state index >= 15 is 0 Å². The van der Waals surface area contributed by atoms with Gasteiger partial charge < -0.3 is 10.1 Å². The molecule has 0 radical (unpaired) electrons. The van der Waals surface area contributed by atoms with Crippen molar-refractivity contribution in [2.45, 2.75) is 38.6 Å². The first kappa shape index (κ1) is 25.1. The van der Waals surface area contributed by atoms with Crippen LogP contribution < -0.4 is 10.2 Å². The van der Waals surface area contributed by atoms with Crippen molar-refractivity contribution in [2.24, 2.45) is 5.92 Å². The first-order valence-electron chi connectivity index (χ1n) is 12.9. The summed E-state index contributed by atoms with van der Waals surface area (Å²) >= 11 is 0. The Labute approximate surface area is 216 Å². The minimum absolute atomic E-state index is 0.160. The minimum atomic E-state index is -0.517. The number of carbonyl (C=O) groups excluding carboxylic acids is 2. The Morgan fingerprint density at radius 3 is 2.43 bits per heavy atom. The van der Waals surface area contributed by atoms with Crippen molar-refractivity contribution in [1.29, 1.82) is 0 Å². The number of rotatable bonds is 6. The Balaban J connectivity index is 1.44. The third-order valence-electron chi connectivity index (χ3n) is 7.56. The highest BCUT2D eigenvalue weighted by Crippen LogP contribution is 2.42. The fourth-order valence-electron chi connectivity index (χ4n) is 5.67. The van der Waals surface area contributed by atoms with Crippen LogP contribution in [0, 0.1) is 16.0 Å². The van der Waals surface area contributed by atoms with Crippen molar-refractivity contribution in [1.82, 2.24) is 10.2 Å². The van der Waals surface area contributed by atoms with Crippen LogP contribution in [-0.2, 0) is 14.3 Å². The van der Waals surface area contributed by atoms with Gasteiger partial charge in [0.25, 0.3) is 11.6 Å². The van der Waals surface area contributed by atoms with Gasteiger partial charge in [-0.1, -0.05) is 30.3 Å². The van der Waals surface area contributed by atoms with Crippen LogP contribution in [-0.4, -0.2) is 60.5 Å². The van der Waals surface area contributed by atoms with Gasteiger partial charge in [0, 0.05) is 50.3 Å². The van der Waals surface area contributed by atoms with Gasteiger partial charge in [0.15, 0.2) is 0 Å². The van der Waals surface area contributed by atoms with E-state index < -0.39 is 16.7 Å². The van der Waals surface area contributed by atoms with E-state index in [1.54, 1.807) is 6.07 Å². The van der Waals surface area contributed by atoms with Gasteiger partial charge in [-0.25, -0.2) is 4.90 Å². The van der Waals surface area contributed by atoms with E-state index in [2.05, 4.69) is 10.2 Å². The molecule has 0 atom stereocenters. The number of nitrogens with one attached hydrogen (secondary N) is 1. The zero-order valence-electron chi connectivity index (χ0n) is 21.0. The highest BCUT2D eigenvalue weighted by molar-refractivity contribution is 6.43. The molecule has 9 nitrogen and oxygen atoms in total. The predicted molar refractivity (Wildman–Crippen MR) is 141 cm³/mol. The molecule has 0 spiro atoms. The third-order valence-corrected chi connectivity index (χ3v) is 7.56. The average Bonchev–Trinajstić information content (AvgIpc) is 3.20. The monoisotopic (exact) mass is 504 g/mol. The number of carbonyl (C=O) groups is 2. The van der Waals surface area contributed by atoms with Gasteiger partial charge in [-0.15, -0.1) is 0 Å². The van der Waals surface area contributed by atoms with E-state index in [0.717, 1.165) is 69.0 Å². The highest BCUT2D eigenvalue weighted by Gasteiger charge is 2.39. The molecule has 1 saturated heterocycles. The van der Waals surface area contributed by atoms with Crippen LogP contribution in [0.2, 0.25) is 0 Å². The largest absolute Gasteiger partial charge is 0.381 e. The van der Waals surface area contributed by atoms with Crippen molar-refractivity contribution in [2.75, 3.05) is 37.7 Å². The normalized spacial score (nSPS) is 23.5. The number of nitro benzene ring substituents is 1. The zero-order valence-corrected chi connectivity index (χ0v) is 21.0. The molecule has 2 aromatic carbocycles. The summed E-state index contributed by atoms with van der Waals surface area (Å²) in [5, 5.41) is 15.1. The quantitative estimate of drug-likeness (QED) is 0.362. The summed E-state index contributed by atoms with van der Waals surface area (Å²) in [6.07, 6.45) is 4.16. The molecule has 2 aliphatic heterocycles. The molecule has 194 valence electrons. The molecule has 0 aromatic heterocycles. The summed E-state index contributed by atoms with van der Waals surface area (Å²) in [6.45, 7) is 6.00. The Morgan fingerprint density at radius 2 is 1.78 bits per heavy atom. The summed E-state index contributed by atoms with van der Waals surface area (Å²) < 4.78 is 5.47. The number of morpholine rings is 1. The predicted octanol–water partition coefficient (Wildman–Crippen LogP) is 3.84. The van der Waals surface area contributed by atoms with Gasteiger partial charge in [-0.3, -0.25) is 24.6 Å². The fourth-order valence-corrected chi connectivity index (χ4v) is 5.67. The number of nitrogens with zero attached hydrogens (tertiary/aromatic N) is 3. The Kier molecular flexibility index (Phi) is 7.34. The second-order valence-electron chi connectivity index (χ2n) is 10.0. The van der Waals surface area contributed by atoms with E-state index in [1.807, 2.05) is 30.3 Å². The fraction of sp³-hybridized carbons (Fsp3) is 0.429. The van der Waals surface area contributed by atoms with Gasteiger partial charge >= 0.3 is 0 Å². The number of fused-ring (bicyclic) bond motifs is 1. The molecule has 1 saturated carbocycles. The van der Waals surface area contributed by atoms with Crippen LogP contribution >= 0.6 is 0 Å². The number of imide groups is 1. The van der Waals surface area contributed by atoms with Crippen molar-refractivity contribution < 1.29 is 19.2 Å². The maximum atomic E-state index is 13.6. The molecule has 37 heavy (non-hydrogen) atoms. The molecule has 1 aliphatic carbocycles. The second kappa shape index (κ2) is 10.8. The summed E-state index contributed by atoms with van der Waals surface area (Å²) in [4.78, 5) is 40.5. The van der Waals surface area contributed by atoms with E-state index in [4.69, 9.17) is 4.74 Å². The second-order valence-corrected chi connectivity index (χ2v) is 10.0. The smallest absolute Gasteiger partial charge is 0.271 e. The molecule has 1 N–H and O–H groups in total. The maximum Gasteiger partial charge on any atom is 0.271 e. The Bertz CT molecular complexity index is 1210. The topological polar surface area (TPSA) is 105 Å². The molecule has 2 fully saturated rings. The van der Waals surface area contributed by atoms with Crippen molar-refractivity contribution in [3.8, 4) is 0 Å². The van der Waals surface area contributed by atoms with Crippen LogP contribution in [0.5, 0.6) is 0 Å². The zero-order chi connectivity index (χ0) is 25.9. The third kappa shape index (κ3) is 5.28. The van der Waals surface area contributed by atoms with Crippen LogP contribution in [0.3, 0.4) is 0 Å². The minimum Gasteiger partial charge on any atom is -0.381 e. The number of hydrogen-bond acceptors (Lipinski definition) is 7. The number of anilines is 1. The molecule has 5 rings (SSSR count). The Hall–Kier alpha value is -3.56. The molecule has 9 heteroatoms. The van der Waals surface area contributed by atoms with Crippen molar-refractivity contribution in [3.05, 3.63) is 69.8 Å². The molecule has 3 aliphatic rings. The lowest BCUT2D eigenvalue weighted by molar-refractivity contribution is -0.384. The first-order chi connectivity index (χ1) is 17.9. The number of nitro groups is 1.